The summed E-state index contributed by atoms with van der Waals surface area (Å²) in [5.41, 5.74) is 0.755. The number of imide groups is 1. The maximum atomic E-state index is 14.3. The van der Waals surface area contributed by atoms with Gasteiger partial charge in [-0.05, 0) is 12.1 Å². The lowest BCUT2D eigenvalue weighted by Crippen LogP contribution is -2.37. The van der Waals surface area contributed by atoms with Gasteiger partial charge in [0, 0.05) is 19.2 Å². The molecule has 7 nitrogen and oxygen atoms in total. The van der Waals surface area contributed by atoms with E-state index in [-0.39, 0.29) is 24.5 Å². The van der Waals surface area contributed by atoms with Crippen LogP contribution in [0.25, 0.3) is 0 Å². The number of β-amino-alcohol motifs (C(OH)–C–C–N with tert-alkyl or cyclic N) is 1. The molecule has 8 heteroatoms. The Morgan fingerprint density at radius 2 is 2.00 bits per heavy atom. The van der Waals surface area contributed by atoms with Crippen LogP contribution >= 0.6 is 0 Å². The molecule has 1 aromatic rings. The molecular weight excluding hydrogens is 317 g/mol. The van der Waals surface area contributed by atoms with Gasteiger partial charge in [0.25, 0.3) is 11.8 Å². The number of hydrogen-bond donors (Lipinski definition) is 2. The number of aliphatic hydroxyl groups is 1. The summed E-state index contributed by atoms with van der Waals surface area (Å²) in [6.07, 6.45) is 1.12. The molecule has 2 aliphatic heterocycles. The molecule has 0 bridgehead atoms. The first-order chi connectivity index (χ1) is 11.6. The predicted molar refractivity (Wildman–Crippen MR) is 84.9 cm³/mol. The van der Waals surface area contributed by atoms with Gasteiger partial charge < -0.3 is 20.1 Å². The van der Waals surface area contributed by atoms with Gasteiger partial charge in [-0.3, -0.25) is 14.5 Å². The number of aliphatic hydroxyl groups excluding tert-OH is 1. The third-order valence-corrected chi connectivity index (χ3v) is 3.94. The Labute approximate surface area is 138 Å². The van der Waals surface area contributed by atoms with E-state index in [1.807, 2.05) is 4.90 Å². The van der Waals surface area contributed by atoms with Crippen LogP contribution in [0.4, 0.5) is 15.8 Å². The molecule has 2 amide bonds. The van der Waals surface area contributed by atoms with Gasteiger partial charge >= 0.3 is 0 Å². The monoisotopic (exact) mass is 335 g/mol. The normalized spacial score (nSPS) is 18.2. The van der Waals surface area contributed by atoms with Crippen LogP contribution in [0.5, 0.6) is 0 Å². The van der Waals surface area contributed by atoms with E-state index < -0.39 is 17.6 Å². The smallest absolute Gasteiger partial charge is 0.277 e. The van der Waals surface area contributed by atoms with Crippen molar-refractivity contribution in [3.05, 3.63) is 35.8 Å². The van der Waals surface area contributed by atoms with E-state index in [0.29, 0.717) is 32.0 Å². The molecule has 0 unspecified atom stereocenters. The van der Waals surface area contributed by atoms with Crippen molar-refractivity contribution < 1.29 is 23.8 Å². The number of nitrogens with zero attached hydrogens (tertiary/aromatic N) is 2. The molecule has 2 aliphatic rings. The number of hydrogen-bond acceptors (Lipinski definition) is 6. The van der Waals surface area contributed by atoms with Crippen molar-refractivity contribution in [3.63, 3.8) is 0 Å². The van der Waals surface area contributed by atoms with E-state index in [0.717, 1.165) is 11.0 Å². The Hall–Kier alpha value is -2.45. The van der Waals surface area contributed by atoms with Crippen molar-refractivity contribution in [1.29, 1.82) is 0 Å². The van der Waals surface area contributed by atoms with E-state index >= 15 is 0 Å². The molecule has 0 spiro atoms. The molecule has 3 rings (SSSR count). The SMILES string of the molecule is O=C1C=C(Nc2c(F)cccc2N2CCOCC2)C(=O)N1CCO. The zero-order valence-corrected chi connectivity index (χ0v) is 13.0. The molecule has 128 valence electrons. The number of halogens is 1. The van der Waals surface area contributed by atoms with Crippen LogP contribution in [-0.4, -0.2) is 61.3 Å². The average Bonchev–Trinajstić information content (AvgIpc) is 2.85. The fraction of sp³-hybridized carbons (Fsp3) is 0.375. The van der Waals surface area contributed by atoms with Crippen molar-refractivity contribution in [1.82, 2.24) is 4.90 Å². The predicted octanol–water partition coefficient (Wildman–Crippen LogP) is 0.319. The van der Waals surface area contributed by atoms with Crippen LogP contribution in [-0.2, 0) is 14.3 Å². The summed E-state index contributed by atoms with van der Waals surface area (Å²) >= 11 is 0. The summed E-state index contributed by atoms with van der Waals surface area (Å²) in [7, 11) is 0. The molecule has 1 fully saturated rings. The molecule has 0 saturated carbocycles. The van der Waals surface area contributed by atoms with Crippen molar-refractivity contribution >= 4 is 23.2 Å². The first kappa shape index (κ1) is 16.4. The minimum absolute atomic E-state index is 0.00643. The van der Waals surface area contributed by atoms with Gasteiger partial charge in [-0.15, -0.1) is 0 Å². The number of amides is 2. The van der Waals surface area contributed by atoms with Crippen molar-refractivity contribution in [2.45, 2.75) is 0 Å². The molecule has 1 saturated heterocycles. The second-order valence-electron chi connectivity index (χ2n) is 5.44. The second-order valence-corrected chi connectivity index (χ2v) is 5.44. The van der Waals surface area contributed by atoms with Crippen LogP contribution in [0.3, 0.4) is 0 Å². The van der Waals surface area contributed by atoms with Crippen molar-refractivity contribution in [2.75, 3.05) is 49.7 Å². The van der Waals surface area contributed by atoms with E-state index in [4.69, 9.17) is 9.84 Å². The summed E-state index contributed by atoms with van der Waals surface area (Å²) in [6.45, 7) is 1.90. The molecule has 2 heterocycles. The topological polar surface area (TPSA) is 82.1 Å². The Balaban J connectivity index is 1.86. The molecule has 1 aromatic carbocycles. The number of rotatable bonds is 5. The Bertz CT molecular complexity index is 686. The Morgan fingerprint density at radius 1 is 1.25 bits per heavy atom. The van der Waals surface area contributed by atoms with Crippen LogP contribution in [0.1, 0.15) is 0 Å². The van der Waals surface area contributed by atoms with Crippen LogP contribution in [0.15, 0.2) is 30.0 Å². The van der Waals surface area contributed by atoms with Crippen LogP contribution in [0.2, 0.25) is 0 Å². The zero-order chi connectivity index (χ0) is 17.1. The van der Waals surface area contributed by atoms with Crippen LogP contribution in [0, 0.1) is 5.82 Å². The summed E-state index contributed by atoms with van der Waals surface area (Å²) in [5, 5.41) is 11.7. The number of anilines is 2. The lowest BCUT2D eigenvalue weighted by atomic mass is 10.2. The highest BCUT2D eigenvalue weighted by molar-refractivity contribution is 6.17. The third-order valence-electron chi connectivity index (χ3n) is 3.94. The van der Waals surface area contributed by atoms with Crippen molar-refractivity contribution in [2.24, 2.45) is 0 Å². The molecular formula is C16H18FN3O4. The quantitative estimate of drug-likeness (QED) is 0.754. The molecule has 24 heavy (non-hydrogen) atoms. The highest BCUT2D eigenvalue weighted by Gasteiger charge is 2.31. The average molecular weight is 335 g/mol. The number of carbonyl (C=O) groups is 2. The molecule has 0 aliphatic carbocycles. The van der Waals surface area contributed by atoms with Gasteiger partial charge in [0.15, 0.2) is 0 Å². The lowest BCUT2D eigenvalue weighted by Gasteiger charge is -2.30. The number of benzene rings is 1. The summed E-state index contributed by atoms with van der Waals surface area (Å²) < 4.78 is 19.6. The maximum Gasteiger partial charge on any atom is 0.277 e. The van der Waals surface area contributed by atoms with Gasteiger partial charge in [-0.2, -0.15) is 0 Å². The standard InChI is InChI=1S/C16H18FN3O4/c17-11-2-1-3-13(19-5-8-24-9-6-19)15(11)18-12-10-14(22)20(4-7-21)16(12)23/h1-3,10,18,21H,4-9H2. The summed E-state index contributed by atoms with van der Waals surface area (Å²) in [6, 6.07) is 4.64. The zero-order valence-electron chi connectivity index (χ0n) is 13.0. The fourth-order valence-corrected chi connectivity index (χ4v) is 2.75. The maximum absolute atomic E-state index is 14.3. The molecule has 2 N–H and O–H groups in total. The largest absolute Gasteiger partial charge is 0.395 e. The minimum atomic E-state index is -0.578. The lowest BCUT2D eigenvalue weighted by molar-refractivity contribution is -0.137. The molecule has 0 atom stereocenters. The van der Waals surface area contributed by atoms with E-state index in [2.05, 4.69) is 5.32 Å². The minimum Gasteiger partial charge on any atom is -0.395 e. The first-order valence-corrected chi connectivity index (χ1v) is 7.68. The van der Waals surface area contributed by atoms with Gasteiger partial charge in [-0.1, -0.05) is 6.07 Å². The van der Waals surface area contributed by atoms with Crippen LogP contribution < -0.4 is 10.2 Å². The Morgan fingerprint density at radius 3 is 2.71 bits per heavy atom. The van der Waals surface area contributed by atoms with E-state index in [9.17, 15) is 14.0 Å². The van der Waals surface area contributed by atoms with E-state index in [1.165, 1.54) is 6.07 Å². The summed E-state index contributed by atoms with van der Waals surface area (Å²) in [5.74, 6) is -1.62. The van der Waals surface area contributed by atoms with E-state index in [1.54, 1.807) is 12.1 Å². The van der Waals surface area contributed by atoms with Gasteiger partial charge in [0.05, 0.1) is 37.7 Å². The van der Waals surface area contributed by atoms with Gasteiger partial charge in [0.2, 0.25) is 0 Å². The number of ether oxygens (including phenoxy) is 1. The summed E-state index contributed by atoms with van der Waals surface area (Å²) in [4.78, 5) is 26.9. The molecule has 0 aromatic heterocycles. The number of para-hydroxylation sites is 1. The van der Waals surface area contributed by atoms with Crippen molar-refractivity contribution in [3.8, 4) is 0 Å². The number of carbonyl (C=O) groups excluding carboxylic acids is 2. The molecule has 0 radical (unpaired) electrons. The number of nitrogens with one attached hydrogen (secondary N) is 1. The third kappa shape index (κ3) is 3.10. The number of morpholine rings is 1. The highest BCUT2D eigenvalue weighted by atomic mass is 19.1. The Kier molecular flexibility index (Phi) is 4.77. The fourth-order valence-electron chi connectivity index (χ4n) is 2.75. The second kappa shape index (κ2) is 6.98. The first-order valence-electron chi connectivity index (χ1n) is 7.68. The highest BCUT2D eigenvalue weighted by Crippen LogP contribution is 2.31. The van der Waals surface area contributed by atoms with Gasteiger partial charge in [0.1, 0.15) is 11.5 Å². The van der Waals surface area contributed by atoms with Gasteiger partial charge in [-0.25, -0.2) is 4.39 Å².